The normalized spacial score (nSPS) is 18.0. The van der Waals surface area contributed by atoms with Crippen molar-refractivity contribution >= 4 is 5.97 Å². The number of carbonyl (C=O) groups is 1. The van der Waals surface area contributed by atoms with Crippen LogP contribution in [-0.2, 0) is 16.1 Å². The van der Waals surface area contributed by atoms with E-state index in [0.717, 1.165) is 36.7 Å². The summed E-state index contributed by atoms with van der Waals surface area (Å²) in [6, 6.07) is 9.35. The summed E-state index contributed by atoms with van der Waals surface area (Å²) in [6.45, 7) is 4.62. The lowest BCUT2D eigenvalue weighted by Crippen LogP contribution is -2.38. The minimum absolute atomic E-state index is 0.119. The van der Waals surface area contributed by atoms with Crippen molar-refractivity contribution in [2.45, 2.75) is 19.6 Å². The maximum absolute atomic E-state index is 10.5. The molecule has 0 spiro atoms. The largest absolute Gasteiger partial charge is 0.482 e. The predicted octanol–water partition coefficient (Wildman–Crippen LogP) is 1.82. The molecular weight excluding hydrogens is 322 g/mol. The Morgan fingerprint density at radius 3 is 2.88 bits per heavy atom. The lowest BCUT2D eigenvalue weighted by Gasteiger charge is -2.32. The molecular formula is C18H21N3O4. The molecule has 1 aromatic carbocycles. The van der Waals surface area contributed by atoms with Crippen molar-refractivity contribution < 1.29 is 19.4 Å². The Morgan fingerprint density at radius 1 is 1.36 bits per heavy atom. The number of nitrogens with zero attached hydrogens (tertiary/aromatic N) is 3. The number of aliphatic carboxylic acids is 1. The van der Waals surface area contributed by atoms with Gasteiger partial charge < -0.3 is 14.6 Å². The maximum Gasteiger partial charge on any atom is 0.341 e. The molecule has 1 N–H and O–H groups in total. The average molecular weight is 343 g/mol. The third kappa shape index (κ3) is 4.98. The topological polar surface area (TPSA) is 84.8 Å². The van der Waals surface area contributed by atoms with E-state index in [1.165, 1.54) is 0 Å². The van der Waals surface area contributed by atoms with Gasteiger partial charge in [0.2, 0.25) is 0 Å². The van der Waals surface area contributed by atoms with Gasteiger partial charge in [0.25, 0.3) is 0 Å². The summed E-state index contributed by atoms with van der Waals surface area (Å²) in [6.07, 6.45) is 1.64. The standard InChI is InChI=1S/C18H21N3O4/c1-13-6-7-19-18(20-13)16-11-21(8-9-24-16)10-14-2-4-15(5-3-14)25-12-17(22)23/h2-7,16H,8-12H2,1H3,(H,22,23). The Bertz CT molecular complexity index is 721. The van der Waals surface area contributed by atoms with Crippen LogP contribution >= 0.6 is 0 Å². The number of hydrogen-bond donors (Lipinski definition) is 1. The maximum atomic E-state index is 10.5. The smallest absolute Gasteiger partial charge is 0.341 e. The van der Waals surface area contributed by atoms with Crippen molar-refractivity contribution in [3.63, 3.8) is 0 Å². The van der Waals surface area contributed by atoms with E-state index in [-0.39, 0.29) is 12.7 Å². The van der Waals surface area contributed by atoms with Gasteiger partial charge in [-0.25, -0.2) is 14.8 Å². The zero-order valence-electron chi connectivity index (χ0n) is 14.1. The zero-order chi connectivity index (χ0) is 17.6. The van der Waals surface area contributed by atoms with E-state index < -0.39 is 5.97 Å². The lowest BCUT2D eigenvalue weighted by molar-refractivity contribution is -0.139. The van der Waals surface area contributed by atoms with Gasteiger partial charge in [0.05, 0.1) is 6.61 Å². The first-order chi connectivity index (χ1) is 12.1. The molecule has 1 atom stereocenters. The second-order valence-corrected chi connectivity index (χ2v) is 5.98. The number of carboxylic acids is 1. The SMILES string of the molecule is Cc1ccnc(C2CN(Cc3ccc(OCC(=O)O)cc3)CCO2)n1. The monoisotopic (exact) mass is 343 g/mol. The second kappa shape index (κ2) is 8.04. The van der Waals surface area contributed by atoms with E-state index >= 15 is 0 Å². The lowest BCUT2D eigenvalue weighted by atomic mass is 10.1. The highest BCUT2D eigenvalue weighted by Gasteiger charge is 2.24. The molecule has 7 heteroatoms. The predicted molar refractivity (Wildman–Crippen MR) is 90.3 cm³/mol. The molecule has 0 saturated carbocycles. The molecule has 1 saturated heterocycles. The van der Waals surface area contributed by atoms with Crippen LogP contribution in [0.5, 0.6) is 5.75 Å². The molecule has 1 aliphatic heterocycles. The van der Waals surface area contributed by atoms with E-state index in [9.17, 15) is 4.79 Å². The van der Waals surface area contributed by atoms with Gasteiger partial charge in [-0.2, -0.15) is 0 Å². The molecule has 1 aliphatic rings. The van der Waals surface area contributed by atoms with E-state index in [1.807, 2.05) is 25.1 Å². The van der Waals surface area contributed by atoms with Crippen LogP contribution in [-0.4, -0.2) is 52.2 Å². The molecule has 0 aliphatic carbocycles. The summed E-state index contributed by atoms with van der Waals surface area (Å²) in [4.78, 5) is 21.6. The summed E-state index contributed by atoms with van der Waals surface area (Å²) in [5.74, 6) is 0.295. The minimum Gasteiger partial charge on any atom is -0.482 e. The van der Waals surface area contributed by atoms with Gasteiger partial charge in [0, 0.05) is 31.5 Å². The van der Waals surface area contributed by atoms with Gasteiger partial charge in [-0.3, -0.25) is 4.90 Å². The van der Waals surface area contributed by atoms with E-state index in [4.69, 9.17) is 14.6 Å². The van der Waals surface area contributed by atoms with Gasteiger partial charge in [-0.05, 0) is 30.7 Å². The number of ether oxygens (including phenoxy) is 2. The van der Waals surface area contributed by atoms with E-state index in [0.29, 0.717) is 12.4 Å². The second-order valence-electron chi connectivity index (χ2n) is 5.98. The van der Waals surface area contributed by atoms with E-state index in [1.54, 1.807) is 18.3 Å². The van der Waals surface area contributed by atoms with Crippen LogP contribution in [0.15, 0.2) is 36.5 Å². The molecule has 7 nitrogen and oxygen atoms in total. The average Bonchev–Trinajstić information content (AvgIpc) is 2.61. The van der Waals surface area contributed by atoms with Crippen molar-refractivity contribution in [3.05, 3.63) is 53.6 Å². The van der Waals surface area contributed by atoms with Crippen LogP contribution in [0.3, 0.4) is 0 Å². The van der Waals surface area contributed by atoms with Gasteiger partial charge in [0.15, 0.2) is 12.4 Å². The molecule has 1 fully saturated rings. The molecule has 25 heavy (non-hydrogen) atoms. The van der Waals surface area contributed by atoms with Crippen LogP contribution in [0, 0.1) is 6.92 Å². The third-order valence-electron chi connectivity index (χ3n) is 3.94. The van der Waals surface area contributed by atoms with E-state index in [2.05, 4.69) is 14.9 Å². The van der Waals surface area contributed by atoms with Gasteiger partial charge in [-0.1, -0.05) is 12.1 Å². The zero-order valence-corrected chi connectivity index (χ0v) is 14.1. The third-order valence-corrected chi connectivity index (χ3v) is 3.94. The van der Waals surface area contributed by atoms with Crippen molar-refractivity contribution in [2.24, 2.45) is 0 Å². The van der Waals surface area contributed by atoms with Crippen LogP contribution in [0.1, 0.15) is 23.2 Å². The summed E-state index contributed by atoms with van der Waals surface area (Å²) in [5, 5.41) is 8.63. The Morgan fingerprint density at radius 2 is 2.16 bits per heavy atom. The number of benzene rings is 1. The summed E-state index contributed by atoms with van der Waals surface area (Å²) in [7, 11) is 0. The Labute approximate surface area is 146 Å². The van der Waals surface area contributed by atoms with Gasteiger partial charge in [0.1, 0.15) is 11.9 Å². The first-order valence-electron chi connectivity index (χ1n) is 8.17. The van der Waals surface area contributed by atoms with Crippen molar-refractivity contribution in [2.75, 3.05) is 26.3 Å². The fraction of sp³-hybridized carbons (Fsp3) is 0.389. The van der Waals surface area contributed by atoms with Crippen molar-refractivity contribution in [1.29, 1.82) is 0 Å². The quantitative estimate of drug-likeness (QED) is 0.856. The summed E-state index contributed by atoms with van der Waals surface area (Å²) >= 11 is 0. The minimum atomic E-state index is -0.984. The number of aryl methyl sites for hydroxylation is 1. The highest BCUT2D eigenvalue weighted by molar-refractivity contribution is 5.68. The van der Waals surface area contributed by atoms with Crippen molar-refractivity contribution in [1.82, 2.24) is 14.9 Å². The molecule has 2 aromatic rings. The highest BCUT2D eigenvalue weighted by Crippen LogP contribution is 2.21. The Hall–Kier alpha value is -2.51. The molecule has 3 rings (SSSR count). The molecule has 2 heterocycles. The van der Waals surface area contributed by atoms with Gasteiger partial charge in [-0.15, -0.1) is 0 Å². The molecule has 1 aromatic heterocycles. The number of hydrogen-bond acceptors (Lipinski definition) is 6. The van der Waals surface area contributed by atoms with Crippen LogP contribution in [0.25, 0.3) is 0 Å². The fourth-order valence-electron chi connectivity index (χ4n) is 2.72. The molecule has 132 valence electrons. The molecule has 0 radical (unpaired) electrons. The van der Waals surface area contributed by atoms with Crippen LogP contribution in [0.2, 0.25) is 0 Å². The summed E-state index contributed by atoms with van der Waals surface area (Å²) < 4.78 is 11.0. The first-order valence-corrected chi connectivity index (χ1v) is 8.17. The fourth-order valence-corrected chi connectivity index (χ4v) is 2.72. The molecule has 0 amide bonds. The van der Waals surface area contributed by atoms with Crippen molar-refractivity contribution in [3.8, 4) is 5.75 Å². The number of rotatable bonds is 6. The first kappa shape index (κ1) is 17.3. The summed E-state index contributed by atoms with van der Waals surface area (Å²) in [5.41, 5.74) is 2.07. The molecule has 1 unspecified atom stereocenters. The highest BCUT2D eigenvalue weighted by atomic mass is 16.5. The molecule has 0 bridgehead atoms. The van der Waals surface area contributed by atoms with Crippen LogP contribution in [0.4, 0.5) is 0 Å². The Balaban J connectivity index is 1.58. The Kier molecular flexibility index (Phi) is 5.57. The number of carboxylic acid groups (broad SMARTS) is 1. The van der Waals surface area contributed by atoms with Crippen LogP contribution < -0.4 is 4.74 Å². The number of morpholine rings is 1. The number of aromatic nitrogens is 2. The van der Waals surface area contributed by atoms with Gasteiger partial charge >= 0.3 is 5.97 Å².